The van der Waals surface area contributed by atoms with Gasteiger partial charge in [0.2, 0.25) is 0 Å². The van der Waals surface area contributed by atoms with Gasteiger partial charge < -0.3 is 9.41 Å². The van der Waals surface area contributed by atoms with Gasteiger partial charge in [0.1, 0.15) is 0 Å². The molecule has 0 aliphatic rings. The summed E-state index contributed by atoms with van der Waals surface area (Å²) in [6.07, 6.45) is 2.23. The topological polar surface area (TPSA) is 18.5 Å². The molecule has 0 amide bonds. The van der Waals surface area contributed by atoms with Crippen molar-refractivity contribution in [2.45, 2.75) is 26.7 Å². The molecule has 0 rings (SSSR count). The molecule has 0 spiro atoms. The van der Waals surface area contributed by atoms with Crippen LogP contribution in [0.5, 0.6) is 0 Å². The first-order valence-electron chi connectivity index (χ1n) is 3.40. The zero-order chi connectivity index (χ0) is 6.95. The summed E-state index contributed by atoms with van der Waals surface area (Å²) in [5.41, 5.74) is 0. The fraction of sp³-hybridized carbons (Fsp3) is 1.00. The van der Waals surface area contributed by atoms with Crippen LogP contribution in [-0.4, -0.2) is 13.2 Å². The van der Waals surface area contributed by atoms with Gasteiger partial charge >= 0.3 is 69.4 Å². The first-order chi connectivity index (χ1) is 4.41. The second-order valence-electron chi connectivity index (χ2n) is 1.78. The van der Waals surface area contributed by atoms with E-state index < -0.39 is 23.8 Å². The van der Waals surface area contributed by atoms with Crippen LogP contribution < -0.4 is 9.41 Å². The molecule has 0 N–H and O–H groups in total. The Morgan fingerprint density at radius 3 is 1.55 bits per heavy atom. The molecule has 0 saturated heterocycles. The van der Waals surface area contributed by atoms with E-state index in [1.165, 1.54) is 0 Å². The van der Waals surface area contributed by atoms with E-state index in [1.807, 2.05) is 0 Å². The number of hydrogen-bond acceptors (Lipinski definition) is 2. The summed E-state index contributed by atoms with van der Waals surface area (Å²) in [4.78, 5) is 0. The third-order valence-electron chi connectivity index (χ3n) is 0.730. The van der Waals surface area contributed by atoms with Crippen molar-refractivity contribution in [3.05, 3.63) is 0 Å². The molecule has 0 aromatic heterocycles. The molecule has 11 heavy (non-hydrogen) atoms. The van der Waals surface area contributed by atoms with E-state index in [2.05, 4.69) is 13.8 Å². The number of hydrogen-bond donors (Lipinski definition) is 0. The van der Waals surface area contributed by atoms with E-state index in [4.69, 9.17) is 5.71 Å². The van der Waals surface area contributed by atoms with Gasteiger partial charge in [0.05, 0.1) is 0 Å². The first kappa shape index (κ1) is 17.7. The Bertz CT molecular complexity index is 51.8. The molecule has 0 aliphatic carbocycles. The summed E-state index contributed by atoms with van der Waals surface area (Å²) in [6.45, 7) is 6.02. The minimum absolute atomic E-state index is 0. The molecule has 0 unspecified atom stereocenters. The Morgan fingerprint density at radius 2 is 1.27 bits per heavy atom. The molecule has 0 aromatic rings. The average Bonchev–Trinajstić information content (AvgIpc) is 1.89. The van der Waals surface area contributed by atoms with Crippen LogP contribution in [0.4, 0.5) is 0 Å². The minimum atomic E-state index is -1.04. The maximum Gasteiger partial charge on any atom is -1.00 e. The summed E-state index contributed by atoms with van der Waals surface area (Å²) in [5.74, 6) is 0. The van der Waals surface area contributed by atoms with Crippen LogP contribution in [0.3, 0.4) is 0 Å². The van der Waals surface area contributed by atoms with Crippen LogP contribution in [0.1, 0.15) is 26.7 Å². The Morgan fingerprint density at radius 1 is 0.909 bits per heavy atom. The predicted molar refractivity (Wildman–Crippen MR) is 32.5 cm³/mol. The quantitative estimate of drug-likeness (QED) is 0.362. The Hall–Kier alpha value is 0.650. The van der Waals surface area contributed by atoms with Gasteiger partial charge in [-0.3, -0.25) is 0 Å². The summed E-state index contributed by atoms with van der Waals surface area (Å²) in [6, 6.07) is 0. The third kappa shape index (κ3) is 18.0. The van der Waals surface area contributed by atoms with Crippen LogP contribution >= 0.6 is 0 Å². The van der Waals surface area contributed by atoms with Crippen LogP contribution in [0, 0.1) is 0 Å². The molecule has 0 aromatic carbocycles. The van der Waals surface area contributed by atoms with Crippen LogP contribution in [-0.2, 0) is 29.5 Å². The maximum absolute atomic E-state index is 5.26. The van der Waals surface area contributed by atoms with Crippen molar-refractivity contribution >= 4 is 0 Å². The van der Waals surface area contributed by atoms with Gasteiger partial charge in [-0.2, -0.15) is 0 Å². The second-order valence-corrected chi connectivity index (χ2v) is 4.45. The number of halogens is 2. The van der Waals surface area contributed by atoms with Gasteiger partial charge in [0.25, 0.3) is 0 Å². The summed E-state index contributed by atoms with van der Waals surface area (Å²) < 4.78 is 10.5. The largest absolute Gasteiger partial charge is 1.00 e. The van der Waals surface area contributed by atoms with Crippen molar-refractivity contribution < 1.29 is 38.9 Å². The van der Waals surface area contributed by atoms with E-state index in [0.717, 1.165) is 26.1 Å². The fourth-order valence-electron chi connectivity index (χ4n) is 0.329. The van der Waals surface area contributed by atoms with Crippen molar-refractivity contribution in [3.8, 4) is 0 Å². The standard InChI is InChI=1S/2C3H7O.2FH.Hf/c2*1-2-3-4;;;/h2*2-3H2,1H3;2*1H;/q2*-1;;;+4/p-2. The van der Waals surface area contributed by atoms with E-state index in [0.29, 0.717) is 0 Å². The van der Waals surface area contributed by atoms with Crippen molar-refractivity contribution in [2.75, 3.05) is 13.2 Å². The Labute approximate surface area is 79.0 Å². The SMILES string of the molecule is CCC[O][Hf+2][O]CCC.[F-].[F-]. The Balaban J connectivity index is -0.000000320. The van der Waals surface area contributed by atoms with Gasteiger partial charge in [0, 0.05) is 0 Å². The van der Waals surface area contributed by atoms with E-state index >= 15 is 0 Å². The third-order valence-corrected chi connectivity index (χ3v) is 3.04. The number of rotatable bonds is 6. The van der Waals surface area contributed by atoms with E-state index in [1.54, 1.807) is 0 Å². The summed E-state index contributed by atoms with van der Waals surface area (Å²) in [5, 5.41) is 0. The molecule has 0 heterocycles. The maximum atomic E-state index is 5.26. The molecular weight excluding hydrogens is 321 g/mol. The Kier molecular flexibility index (Phi) is 27.2. The van der Waals surface area contributed by atoms with E-state index in [-0.39, 0.29) is 9.41 Å². The molecule has 2 nitrogen and oxygen atoms in total. The molecule has 0 fully saturated rings. The summed E-state index contributed by atoms with van der Waals surface area (Å²) >= 11 is -1.04. The van der Waals surface area contributed by atoms with Crippen molar-refractivity contribution in [2.24, 2.45) is 0 Å². The van der Waals surface area contributed by atoms with Crippen LogP contribution in [0.15, 0.2) is 0 Å². The average molecular weight is 335 g/mol. The molecule has 0 saturated carbocycles. The molecule has 5 heteroatoms. The molecule has 0 radical (unpaired) electrons. The zero-order valence-electron chi connectivity index (χ0n) is 6.90. The van der Waals surface area contributed by atoms with Crippen molar-refractivity contribution in [3.63, 3.8) is 0 Å². The molecule has 0 aliphatic heterocycles. The first-order valence-corrected chi connectivity index (χ1v) is 6.33. The van der Waals surface area contributed by atoms with Gasteiger partial charge in [-0.25, -0.2) is 0 Å². The smallest absolute Gasteiger partial charge is 1.00 e. The minimum Gasteiger partial charge on any atom is -1.00 e. The fourth-order valence-corrected chi connectivity index (χ4v) is 2.69. The zero-order valence-corrected chi connectivity index (χ0v) is 10.5. The van der Waals surface area contributed by atoms with Crippen LogP contribution in [0.2, 0.25) is 0 Å². The molecule has 0 bridgehead atoms. The van der Waals surface area contributed by atoms with Crippen LogP contribution in [0.25, 0.3) is 0 Å². The molecular formula is C6H14F2HfO2. The van der Waals surface area contributed by atoms with Gasteiger partial charge in [-0.1, -0.05) is 0 Å². The predicted octanol–water partition coefficient (Wildman–Crippen LogP) is -4.24. The molecule has 68 valence electrons. The van der Waals surface area contributed by atoms with Gasteiger partial charge in [-0.05, 0) is 0 Å². The van der Waals surface area contributed by atoms with Gasteiger partial charge in [-0.15, -0.1) is 0 Å². The molecule has 0 atom stereocenters. The monoisotopic (exact) mass is 336 g/mol. The second kappa shape index (κ2) is 16.9. The van der Waals surface area contributed by atoms with Crippen molar-refractivity contribution in [1.29, 1.82) is 0 Å². The van der Waals surface area contributed by atoms with E-state index in [9.17, 15) is 0 Å². The van der Waals surface area contributed by atoms with Crippen molar-refractivity contribution in [1.82, 2.24) is 0 Å². The summed E-state index contributed by atoms with van der Waals surface area (Å²) in [7, 11) is 0. The van der Waals surface area contributed by atoms with Gasteiger partial charge in [0.15, 0.2) is 0 Å². The normalized spacial score (nSPS) is 7.45.